The molecule has 0 unspecified atom stereocenters. The van der Waals surface area contributed by atoms with Crippen molar-refractivity contribution in [1.82, 2.24) is 29.5 Å². The van der Waals surface area contributed by atoms with Crippen molar-refractivity contribution < 1.29 is 0 Å². The minimum atomic E-state index is -0.194. The number of aryl methyl sites for hydroxylation is 1. The number of nitrogens with one attached hydrogen (secondary N) is 3. The van der Waals surface area contributed by atoms with Gasteiger partial charge >= 0.3 is 0 Å². The fraction of sp³-hybridized carbons (Fsp3) is 0.176. The van der Waals surface area contributed by atoms with E-state index in [1.807, 2.05) is 29.1 Å². The summed E-state index contributed by atoms with van der Waals surface area (Å²) < 4.78 is 2.01. The lowest BCUT2D eigenvalue weighted by Gasteiger charge is -2.07. The summed E-state index contributed by atoms with van der Waals surface area (Å²) in [5.74, 6) is 0.464. The Labute approximate surface area is 143 Å². The Morgan fingerprint density at radius 3 is 3.12 bits per heavy atom. The Bertz CT molecular complexity index is 1030. The highest BCUT2D eigenvalue weighted by atomic mass is 16.1. The van der Waals surface area contributed by atoms with Crippen molar-refractivity contribution >= 4 is 17.0 Å². The van der Waals surface area contributed by atoms with E-state index in [4.69, 9.17) is 0 Å². The lowest BCUT2D eigenvalue weighted by atomic mass is 10.1. The average Bonchev–Trinajstić information content (AvgIpc) is 3.28. The summed E-state index contributed by atoms with van der Waals surface area (Å²) in [5.41, 5.74) is 2.05. The molecular formula is C17H17N7O. The number of pyridine rings is 1. The quantitative estimate of drug-likeness (QED) is 0.468. The lowest BCUT2D eigenvalue weighted by molar-refractivity contribution is 0.659. The smallest absolute Gasteiger partial charge is 0.252 e. The summed E-state index contributed by atoms with van der Waals surface area (Å²) in [4.78, 5) is 30.6. The Morgan fingerprint density at radius 1 is 1.28 bits per heavy atom. The molecular weight excluding hydrogens is 318 g/mol. The fourth-order valence-electron chi connectivity index (χ4n) is 2.73. The normalized spacial score (nSPS) is 11.0. The van der Waals surface area contributed by atoms with Crippen LogP contribution >= 0.6 is 0 Å². The number of imidazole rings is 1. The highest BCUT2D eigenvalue weighted by molar-refractivity contribution is 5.92. The summed E-state index contributed by atoms with van der Waals surface area (Å²) in [6.07, 6.45) is 9.90. The summed E-state index contributed by atoms with van der Waals surface area (Å²) in [6.45, 7) is 1.55. The van der Waals surface area contributed by atoms with Gasteiger partial charge in [0.2, 0.25) is 5.95 Å². The van der Waals surface area contributed by atoms with E-state index in [1.165, 1.54) is 6.07 Å². The number of H-pyrrole nitrogens is 2. The van der Waals surface area contributed by atoms with Gasteiger partial charge in [-0.1, -0.05) is 0 Å². The van der Waals surface area contributed by atoms with Crippen molar-refractivity contribution in [3.63, 3.8) is 0 Å². The molecule has 0 radical (unpaired) electrons. The monoisotopic (exact) mass is 335 g/mol. The van der Waals surface area contributed by atoms with E-state index < -0.39 is 0 Å². The van der Waals surface area contributed by atoms with Crippen LogP contribution in [0.25, 0.3) is 22.3 Å². The Balaban J connectivity index is 1.51. The van der Waals surface area contributed by atoms with Crippen LogP contribution in [-0.4, -0.2) is 36.0 Å². The molecule has 0 saturated carbocycles. The van der Waals surface area contributed by atoms with Crippen LogP contribution in [0.1, 0.15) is 6.42 Å². The van der Waals surface area contributed by atoms with E-state index in [-0.39, 0.29) is 5.56 Å². The van der Waals surface area contributed by atoms with Crippen LogP contribution in [0.2, 0.25) is 0 Å². The van der Waals surface area contributed by atoms with Gasteiger partial charge in [0, 0.05) is 54.9 Å². The van der Waals surface area contributed by atoms with Crippen molar-refractivity contribution in [3.8, 4) is 11.3 Å². The van der Waals surface area contributed by atoms with Gasteiger partial charge in [0.1, 0.15) is 5.65 Å². The van der Waals surface area contributed by atoms with Crippen LogP contribution in [0.4, 0.5) is 5.95 Å². The van der Waals surface area contributed by atoms with E-state index in [0.717, 1.165) is 29.6 Å². The van der Waals surface area contributed by atoms with Gasteiger partial charge in [-0.25, -0.2) is 15.0 Å². The second-order valence-corrected chi connectivity index (χ2v) is 5.66. The SMILES string of the molecule is O=c1cc(-c2c[nH]c3ncccc23)nc(NCCCn2ccnc2)[nH]1. The molecule has 0 spiro atoms. The molecule has 8 nitrogen and oxygen atoms in total. The third-order valence-electron chi connectivity index (χ3n) is 3.91. The van der Waals surface area contributed by atoms with Gasteiger partial charge in [0.15, 0.2) is 0 Å². The molecule has 0 aliphatic carbocycles. The first-order valence-corrected chi connectivity index (χ1v) is 8.03. The maximum Gasteiger partial charge on any atom is 0.252 e. The van der Waals surface area contributed by atoms with Crippen molar-refractivity contribution in [1.29, 1.82) is 0 Å². The highest BCUT2D eigenvalue weighted by Gasteiger charge is 2.10. The van der Waals surface area contributed by atoms with Crippen LogP contribution in [0.5, 0.6) is 0 Å². The Hall–Kier alpha value is -3.42. The average molecular weight is 335 g/mol. The number of anilines is 1. The van der Waals surface area contributed by atoms with Gasteiger partial charge in [0.05, 0.1) is 12.0 Å². The number of hydrogen-bond acceptors (Lipinski definition) is 5. The van der Waals surface area contributed by atoms with Gasteiger partial charge < -0.3 is 14.9 Å². The van der Waals surface area contributed by atoms with E-state index in [2.05, 4.69) is 30.2 Å². The third-order valence-corrected chi connectivity index (χ3v) is 3.91. The van der Waals surface area contributed by atoms with Crippen LogP contribution in [0.3, 0.4) is 0 Å². The lowest BCUT2D eigenvalue weighted by Crippen LogP contribution is -2.14. The van der Waals surface area contributed by atoms with Gasteiger partial charge in [0.25, 0.3) is 5.56 Å². The molecule has 0 bridgehead atoms. The predicted molar refractivity (Wildman–Crippen MR) is 95.3 cm³/mol. The van der Waals surface area contributed by atoms with E-state index in [0.29, 0.717) is 18.2 Å². The number of nitrogens with zero attached hydrogens (tertiary/aromatic N) is 4. The Kier molecular flexibility index (Phi) is 3.99. The molecule has 0 atom stereocenters. The second-order valence-electron chi connectivity index (χ2n) is 5.66. The number of fused-ring (bicyclic) bond motifs is 1. The molecule has 4 aromatic heterocycles. The number of aromatic amines is 2. The first-order chi connectivity index (χ1) is 12.3. The number of aromatic nitrogens is 6. The zero-order valence-corrected chi connectivity index (χ0v) is 13.4. The molecule has 0 saturated heterocycles. The summed E-state index contributed by atoms with van der Waals surface area (Å²) in [6, 6.07) is 5.31. The second kappa shape index (κ2) is 6.60. The molecule has 4 aromatic rings. The van der Waals surface area contributed by atoms with Crippen molar-refractivity contribution in [2.24, 2.45) is 0 Å². The molecule has 3 N–H and O–H groups in total. The van der Waals surface area contributed by atoms with Gasteiger partial charge in [-0.05, 0) is 18.6 Å². The van der Waals surface area contributed by atoms with Crippen molar-refractivity contribution in [3.05, 3.63) is 59.7 Å². The summed E-state index contributed by atoms with van der Waals surface area (Å²) in [5, 5.41) is 4.11. The standard InChI is InChI=1S/C17H17N7O/c25-15-9-14(13-10-21-16-12(13)3-1-4-19-16)22-17(23-15)20-5-2-7-24-8-6-18-11-24/h1,3-4,6,8-11H,2,5,7H2,(H,19,21)(H2,20,22,23,25). The van der Waals surface area contributed by atoms with Gasteiger partial charge in [-0.3, -0.25) is 9.78 Å². The zero-order chi connectivity index (χ0) is 17.1. The Morgan fingerprint density at radius 2 is 2.24 bits per heavy atom. The minimum Gasteiger partial charge on any atom is -0.356 e. The van der Waals surface area contributed by atoms with Crippen LogP contribution in [0.15, 0.2) is 54.1 Å². The predicted octanol–water partition coefficient (Wildman–Crippen LogP) is 2.01. The molecule has 8 heteroatoms. The van der Waals surface area contributed by atoms with E-state index in [1.54, 1.807) is 18.7 Å². The molecule has 0 aromatic carbocycles. The fourth-order valence-corrected chi connectivity index (χ4v) is 2.73. The highest BCUT2D eigenvalue weighted by Crippen LogP contribution is 2.25. The molecule has 0 aliphatic rings. The molecule has 4 rings (SSSR count). The molecule has 0 aliphatic heterocycles. The number of rotatable bonds is 6. The minimum absolute atomic E-state index is 0.194. The summed E-state index contributed by atoms with van der Waals surface area (Å²) in [7, 11) is 0. The van der Waals surface area contributed by atoms with Crippen LogP contribution < -0.4 is 10.9 Å². The maximum atomic E-state index is 12.0. The van der Waals surface area contributed by atoms with Crippen molar-refractivity contribution in [2.45, 2.75) is 13.0 Å². The zero-order valence-electron chi connectivity index (χ0n) is 13.4. The topological polar surface area (TPSA) is 104 Å². The molecule has 4 heterocycles. The van der Waals surface area contributed by atoms with E-state index in [9.17, 15) is 4.79 Å². The third kappa shape index (κ3) is 3.27. The van der Waals surface area contributed by atoms with E-state index >= 15 is 0 Å². The van der Waals surface area contributed by atoms with Gasteiger partial charge in [-0.15, -0.1) is 0 Å². The first kappa shape index (κ1) is 15.1. The molecule has 0 fully saturated rings. The molecule has 126 valence electrons. The molecule has 0 amide bonds. The van der Waals surface area contributed by atoms with Crippen LogP contribution in [-0.2, 0) is 6.54 Å². The maximum absolute atomic E-state index is 12.0. The number of hydrogen-bond donors (Lipinski definition) is 3. The van der Waals surface area contributed by atoms with Crippen LogP contribution in [0, 0.1) is 0 Å². The van der Waals surface area contributed by atoms with Crippen molar-refractivity contribution in [2.75, 3.05) is 11.9 Å². The van der Waals surface area contributed by atoms with Gasteiger partial charge in [-0.2, -0.15) is 0 Å². The first-order valence-electron chi connectivity index (χ1n) is 8.03. The molecule has 25 heavy (non-hydrogen) atoms. The largest absolute Gasteiger partial charge is 0.356 e. The summed E-state index contributed by atoms with van der Waals surface area (Å²) >= 11 is 0.